The van der Waals surface area contributed by atoms with Crippen LogP contribution < -0.4 is 0 Å². The van der Waals surface area contributed by atoms with E-state index in [4.69, 9.17) is 4.98 Å². The Morgan fingerprint density at radius 2 is 1.76 bits per heavy atom. The molecule has 0 amide bonds. The Hall–Kier alpha value is -5.01. The summed E-state index contributed by atoms with van der Waals surface area (Å²) in [7, 11) is 0. The monoisotopic (exact) mass is 651 g/mol. The molecule has 0 N–H and O–H groups in total. The van der Waals surface area contributed by atoms with E-state index < -0.39 is 0 Å². The van der Waals surface area contributed by atoms with Gasteiger partial charge >= 0.3 is 0 Å². The molecule has 1 heteroatoms. The first-order chi connectivity index (χ1) is 24.5. The van der Waals surface area contributed by atoms with E-state index in [1.165, 1.54) is 77.7 Å². The summed E-state index contributed by atoms with van der Waals surface area (Å²) in [5.41, 5.74) is 18.5. The smallest absolute Gasteiger partial charge is 0.0718 e. The normalized spacial score (nSPS) is 15.8. The number of hydrogen-bond acceptors (Lipinski definition) is 1. The molecule has 250 valence electrons. The summed E-state index contributed by atoms with van der Waals surface area (Å²) in [6.45, 7) is 12.3. The predicted molar refractivity (Wildman–Crippen MR) is 218 cm³/mol. The fraction of sp³-hybridized carbons (Fsp3) is 0.245. The highest BCUT2D eigenvalue weighted by molar-refractivity contribution is 6.09. The Bertz CT molecular complexity index is 2160. The number of rotatable bonds is 10. The van der Waals surface area contributed by atoms with E-state index in [1.54, 1.807) is 0 Å². The maximum Gasteiger partial charge on any atom is 0.0718 e. The summed E-state index contributed by atoms with van der Waals surface area (Å²) in [4.78, 5) is 5.51. The van der Waals surface area contributed by atoms with Gasteiger partial charge in [0.25, 0.3) is 0 Å². The molecule has 3 aliphatic carbocycles. The minimum Gasteiger partial charge on any atom is -0.248 e. The van der Waals surface area contributed by atoms with Crippen LogP contribution in [-0.4, -0.2) is 4.98 Å². The first kappa shape index (κ1) is 33.5. The van der Waals surface area contributed by atoms with Crippen molar-refractivity contribution in [2.45, 2.75) is 78.1 Å². The van der Waals surface area contributed by atoms with Crippen molar-refractivity contribution in [1.82, 2.24) is 4.98 Å². The highest BCUT2D eigenvalue weighted by atomic mass is 14.7. The van der Waals surface area contributed by atoms with Crippen molar-refractivity contribution in [3.63, 3.8) is 0 Å². The van der Waals surface area contributed by atoms with Gasteiger partial charge in [-0.1, -0.05) is 121 Å². The van der Waals surface area contributed by atoms with Crippen LogP contribution in [0.4, 0.5) is 0 Å². The van der Waals surface area contributed by atoms with Gasteiger partial charge in [0.15, 0.2) is 0 Å². The molecule has 0 atom stereocenters. The van der Waals surface area contributed by atoms with Crippen LogP contribution in [0.3, 0.4) is 0 Å². The van der Waals surface area contributed by atoms with Crippen LogP contribution in [0.25, 0.3) is 50.4 Å². The second-order valence-corrected chi connectivity index (χ2v) is 14.1. The van der Waals surface area contributed by atoms with Crippen molar-refractivity contribution in [3.05, 3.63) is 167 Å². The Morgan fingerprint density at radius 1 is 0.900 bits per heavy atom. The van der Waals surface area contributed by atoms with Gasteiger partial charge in [-0.15, -0.1) is 6.58 Å². The Labute approximate surface area is 299 Å². The zero-order chi connectivity index (χ0) is 34.5. The molecule has 7 rings (SSSR count). The van der Waals surface area contributed by atoms with Crippen LogP contribution in [0.1, 0.15) is 92.3 Å². The lowest BCUT2D eigenvalue weighted by atomic mass is 9.81. The highest BCUT2D eigenvalue weighted by Crippen LogP contribution is 2.45. The standard InChI is InChI=1S/C49H49N/c1-5-6-19-36-27-29-39-31-32-46(50-49(39)35(36)4)48-43-24-15-9-14-23-41(43)47(42-25-16-17-26-44(42)48)40-30-28-38(22-11-7-10-18-34(2)3)45(33-40)37-20-12-8-13-21-37/h5,7-8,10-12,14,16-18,20,23,25-26,28,30-33H,1-2,6,9,13,15,19,21-22,24,27,29H2,3-4H3/b11-7-,18-10-. The molecule has 0 spiro atoms. The van der Waals surface area contributed by atoms with Gasteiger partial charge in [0.05, 0.1) is 11.4 Å². The second-order valence-electron chi connectivity index (χ2n) is 14.1. The molecule has 0 saturated carbocycles. The van der Waals surface area contributed by atoms with Crippen LogP contribution in [0.5, 0.6) is 0 Å². The lowest BCUT2D eigenvalue weighted by molar-refractivity contribution is 0.825. The zero-order valence-electron chi connectivity index (χ0n) is 29.9. The van der Waals surface area contributed by atoms with E-state index in [9.17, 15) is 0 Å². The molecule has 1 heterocycles. The molecule has 3 aliphatic rings. The number of aromatic nitrogens is 1. The van der Waals surface area contributed by atoms with Gasteiger partial charge in [-0.05, 0) is 151 Å². The largest absolute Gasteiger partial charge is 0.248 e. The third-order valence-electron chi connectivity index (χ3n) is 10.6. The van der Waals surface area contributed by atoms with E-state index >= 15 is 0 Å². The molecule has 0 aliphatic heterocycles. The van der Waals surface area contributed by atoms with Gasteiger partial charge in [0.2, 0.25) is 0 Å². The Morgan fingerprint density at radius 3 is 2.56 bits per heavy atom. The van der Waals surface area contributed by atoms with Crippen LogP contribution in [0.15, 0.2) is 134 Å². The molecule has 1 nitrogen and oxygen atoms in total. The van der Waals surface area contributed by atoms with Gasteiger partial charge < -0.3 is 0 Å². The number of allylic oxidation sites excluding steroid dienone is 13. The third-order valence-corrected chi connectivity index (χ3v) is 10.6. The molecular formula is C49H49N. The minimum absolute atomic E-state index is 0.891. The van der Waals surface area contributed by atoms with Gasteiger partial charge in [0, 0.05) is 5.56 Å². The summed E-state index contributed by atoms with van der Waals surface area (Å²) < 4.78 is 0. The Kier molecular flexibility index (Phi) is 10.2. The summed E-state index contributed by atoms with van der Waals surface area (Å²) in [6.07, 6.45) is 32.8. The molecule has 0 radical (unpaired) electrons. The van der Waals surface area contributed by atoms with Crippen molar-refractivity contribution in [1.29, 1.82) is 0 Å². The van der Waals surface area contributed by atoms with E-state index in [1.807, 2.05) is 13.0 Å². The number of benzene rings is 3. The van der Waals surface area contributed by atoms with Crippen LogP contribution >= 0.6 is 0 Å². The average Bonchev–Trinajstić information content (AvgIpc) is 3.40. The number of fused-ring (bicyclic) bond motifs is 3. The molecule has 0 saturated heterocycles. The van der Waals surface area contributed by atoms with Crippen LogP contribution in [0.2, 0.25) is 0 Å². The Balaban J connectivity index is 1.41. The second kappa shape index (κ2) is 15.3. The van der Waals surface area contributed by atoms with Crippen molar-refractivity contribution in [2.24, 2.45) is 0 Å². The fourth-order valence-electron chi connectivity index (χ4n) is 8.07. The van der Waals surface area contributed by atoms with Crippen molar-refractivity contribution in [2.75, 3.05) is 0 Å². The lowest BCUT2D eigenvalue weighted by Gasteiger charge is -2.24. The third kappa shape index (κ3) is 6.88. The topological polar surface area (TPSA) is 12.9 Å². The van der Waals surface area contributed by atoms with E-state index in [0.717, 1.165) is 75.5 Å². The fourth-order valence-corrected chi connectivity index (χ4v) is 8.07. The van der Waals surface area contributed by atoms with Gasteiger partial charge in [-0.2, -0.15) is 0 Å². The molecular weight excluding hydrogens is 603 g/mol. The number of pyridine rings is 1. The maximum absolute atomic E-state index is 5.51. The van der Waals surface area contributed by atoms with Crippen molar-refractivity contribution < 1.29 is 0 Å². The summed E-state index contributed by atoms with van der Waals surface area (Å²) in [6, 6.07) is 20.9. The highest BCUT2D eigenvalue weighted by Gasteiger charge is 2.24. The number of hydrogen-bond donors (Lipinski definition) is 0. The first-order valence-electron chi connectivity index (χ1n) is 18.6. The SMILES string of the molecule is C=CCCC1=C(C)c2nc(-c3c4c(c(-c5ccc(C/C=C\C=C/C(=C)C)c(C6=CC=CCC6)c5)c5ccccc35)C=CCCC4)ccc2CC1. The zero-order valence-corrected chi connectivity index (χ0v) is 29.9. The molecule has 1 aromatic heterocycles. The minimum atomic E-state index is 0.891. The van der Waals surface area contributed by atoms with Gasteiger partial charge in [-0.25, -0.2) is 4.98 Å². The van der Waals surface area contributed by atoms with Gasteiger partial charge in [-0.3, -0.25) is 0 Å². The van der Waals surface area contributed by atoms with E-state index in [0.29, 0.717) is 0 Å². The summed E-state index contributed by atoms with van der Waals surface area (Å²) >= 11 is 0. The number of aryl methyl sites for hydroxylation is 1. The van der Waals surface area contributed by atoms with Crippen molar-refractivity contribution >= 4 is 28.0 Å². The van der Waals surface area contributed by atoms with Crippen molar-refractivity contribution in [3.8, 4) is 22.4 Å². The summed E-state index contributed by atoms with van der Waals surface area (Å²) in [5, 5.41) is 2.60. The average molecular weight is 652 g/mol. The van der Waals surface area contributed by atoms with Crippen LogP contribution in [-0.2, 0) is 19.3 Å². The molecule has 0 bridgehead atoms. The quantitative estimate of drug-likeness (QED) is 0.123. The molecule has 3 aromatic carbocycles. The van der Waals surface area contributed by atoms with E-state index in [2.05, 4.69) is 129 Å². The van der Waals surface area contributed by atoms with E-state index in [-0.39, 0.29) is 0 Å². The predicted octanol–water partition coefficient (Wildman–Crippen LogP) is 13.6. The molecule has 0 unspecified atom stereocenters. The summed E-state index contributed by atoms with van der Waals surface area (Å²) in [5.74, 6) is 0. The molecule has 0 fully saturated rings. The first-order valence-corrected chi connectivity index (χ1v) is 18.6. The van der Waals surface area contributed by atoms with Gasteiger partial charge in [0.1, 0.15) is 0 Å². The van der Waals surface area contributed by atoms with Crippen LogP contribution in [0, 0.1) is 0 Å². The molecule has 4 aromatic rings. The lowest BCUT2D eigenvalue weighted by Crippen LogP contribution is -2.08. The maximum atomic E-state index is 5.51. The number of nitrogens with zero attached hydrogens (tertiary/aromatic N) is 1. The molecule has 50 heavy (non-hydrogen) atoms.